The van der Waals surface area contributed by atoms with Crippen LogP contribution in [0.25, 0.3) is 0 Å². The number of rotatable bonds is 10. The molecule has 1 fully saturated rings. The molecule has 35 heavy (non-hydrogen) atoms. The number of aryl methyl sites for hydroxylation is 1. The number of halogens is 1. The number of hydrogen-bond donors (Lipinski definition) is 1. The number of nitrogens with one attached hydrogen (secondary N) is 1. The number of benzene rings is 3. The number of nitrogens with zero attached hydrogens (tertiary/aromatic N) is 1. The lowest BCUT2D eigenvalue weighted by molar-refractivity contribution is -0.141. The van der Waals surface area contributed by atoms with Gasteiger partial charge in [0.1, 0.15) is 11.9 Å². The minimum absolute atomic E-state index is 0.0827. The highest BCUT2D eigenvalue weighted by Crippen LogP contribution is 2.21. The van der Waals surface area contributed by atoms with Gasteiger partial charge in [-0.1, -0.05) is 85.6 Å². The van der Waals surface area contributed by atoms with Gasteiger partial charge in [-0.15, -0.1) is 0 Å². The van der Waals surface area contributed by atoms with Crippen molar-refractivity contribution in [2.75, 3.05) is 0 Å². The van der Waals surface area contributed by atoms with Gasteiger partial charge in [0.25, 0.3) is 0 Å². The van der Waals surface area contributed by atoms with Crippen LogP contribution in [0.15, 0.2) is 84.9 Å². The summed E-state index contributed by atoms with van der Waals surface area (Å²) >= 11 is 0. The summed E-state index contributed by atoms with van der Waals surface area (Å²) in [7, 11) is 0. The lowest BCUT2D eigenvalue weighted by Gasteiger charge is -2.32. The smallest absolute Gasteiger partial charge is 0.243 e. The first-order valence-corrected chi connectivity index (χ1v) is 12.5. The van der Waals surface area contributed by atoms with Crippen molar-refractivity contribution in [3.8, 4) is 0 Å². The van der Waals surface area contributed by atoms with Crippen LogP contribution < -0.4 is 5.32 Å². The first kappa shape index (κ1) is 24.6. The molecule has 3 aromatic carbocycles. The maximum absolute atomic E-state index is 13.6. The molecule has 5 heteroatoms. The molecular formula is C30H33FN2O2. The van der Waals surface area contributed by atoms with Gasteiger partial charge >= 0.3 is 0 Å². The fraction of sp³-hybridized carbons (Fsp3) is 0.333. The monoisotopic (exact) mass is 472 g/mol. The fourth-order valence-electron chi connectivity index (χ4n) is 4.75. The van der Waals surface area contributed by atoms with Gasteiger partial charge in [0.2, 0.25) is 11.8 Å². The Bertz CT molecular complexity index is 1080. The van der Waals surface area contributed by atoms with E-state index in [1.54, 1.807) is 17.0 Å². The molecule has 1 aliphatic rings. The predicted octanol–water partition coefficient (Wildman–Crippen LogP) is 5.46. The topological polar surface area (TPSA) is 49.4 Å². The van der Waals surface area contributed by atoms with Crippen LogP contribution in [-0.2, 0) is 29.0 Å². The molecule has 0 bridgehead atoms. The summed E-state index contributed by atoms with van der Waals surface area (Å²) in [6.45, 7) is 0.253. The Morgan fingerprint density at radius 3 is 2.06 bits per heavy atom. The van der Waals surface area contributed by atoms with Crippen LogP contribution in [0, 0.1) is 5.82 Å². The largest absolute Gasteiger partial charge is 0.352 e. The zero-order valence-corrected chi connectivity index (χ0v) is 20.0. The molecule has 1 atom stereocenters. The van der Waals surface area contributed by atoms with E-state index in [0.717, 1.165) is 42.4 Å². The van der Waals surface area contributed by atoms with Crippen molar-refractivity contribution in [2.45, 2.75) is 63.6 Å². The quantitative estimate of drug-likeness (QED) is 0.426. The molecule has 1 unspecified atom stereocenters. The summed E-state index contributed by atoms with van der Waals surface area (Å²) < 4.78 is 13.5. The molecule has 0 aliphatic heterocycles. The molecular weight excluding hydrogens is 439 g/mol. The van der Waals surface area contributed by atoms with Crippen LogP contribution in [0.4, 0.5) is 4.39 Å². The van der Waals surface area contributed by atoms with E-state index in [9.17, 15) is 14.0 Å². The van der Waals surface area contributed by atoms with E-state index >= 15 is 0 Å². The highest BCUT2D eigenvalue weighted by atomic mass is 19.1. The van der Waals surface area contributed by atoms with Crippen molar-refractivity contribution < 1.29 is 14.0 Å². The van der Waals surface area contributed by atoms with Gasteiger partial charge in [0.15, 0.2) is 0 Å². The molecule has 0 aromatic heterocycles. The number of carbonyl (C=O) groups is 2. The molecule has 1 N–H and O–H groups in total. The zero-order chi connectivity index (χ0) is 24.5. The second-order valence-electron chi connectivity index (χ2n) is 9.33. The molecule has 182 valence electrons. The summed E-state index contributed by atoms with van der Waals surface area (Å²) in [6.07, 6.45) is 5.51. The number of amides is 2. The maximum Gasteiger partial charge on any atom is 0.243 e. The Kier molecular flexibility index (Phi) is 8.66. The van der Waals surface area contributed by atoms with Crippen molar-refractivity contribution in [2.24, 2.45) is 0 Å². The SMILES string of the molecule is O=C(NC1CCCC1)C(Cc1ccccc1)N(Cc1ccc(F)cc1)C(=O)CCc1ccccc1. The van der Waals surface area contributed by atoms with Gasteiger partial charge in [-0.2, -0.15) is 0 Å². The van der Waals surface area contributed by atoms with E-state index in [2.05, 4.69) is 5.32 Å². The lowest BCUT2D eigenvalue weighted by Crippen LogP contribution is -2.52. The lowest BCUT2D eigenvalue weighted by atomic mass is 10.0. The first-order valence-electron chi connectivity index (χ1n) is 12.5. The third-order valence-electron chi connectivity index (χ3n) is 6.71. The molecule has 4 nitrogen and oxygen atoms in total. The van der Waals surface area contributed by atoms with E-state index in [-0.39, 0.29) is 30.2 Å². The Hall–Kier alpha value is -3.47. The van der Waals surface area contributed by atoms with Crippen molar-refractivity contribution in [3.63, 3.8) is 0 Å². The molecule has 0 spiro atoms. The average Bonchev–Trinajstić information content (AvgIpc) is 3.40. The van der Waals surface area contributed by atoms with Gasteiger partial charge in [0, 0.05) is 25.4 Å². The molecule has 2 amide bonds. The molecule has 0 heterocycles. The second-order valence-corrected chi connectivity index (χ2v) is 9.33. The summed E-state index contributed by atoms with van der Waals surface area (Å²) in [4.78, 5) is 28.9. The molecule has 1 aliphatic carbocycles. The van der Waals surface area contributed by atoms with Crippen LogP contribution in [0.2, 0.25) is 0 Å². The minimum atomic E-state index is -0.647. The van der Waals surface area contributed by atoms with Crippen LogP contribution in [-0.4, -0.2) is 28.8 Å². The van der Waals surface area contributed by atoms with Crippen LogP contribution in [0.3, 0.4) is 0 Å². The highest BCUT2D eigenvalue weighted by molar-refractivity contribution is 5.88. The van der Waals surface area contributed by atoms with Gasteiger partial charge in [-0.25, -0.2) is 4.39 Å². The number of carbonyl (C=O) groups excluding carboxylic acids is 2. The van der Waals surface area contributed by atoms with E-state index in [1.807, 2.05) is 60.7 Å². The zero-order valence-electron chi connectivity index (χ0n) is 20.0. The highest BCUT2D eigenvalue weighted by Gasteiger charge is 2.32. The van der Waals surface area contributed by atoms with Crippen molar-refractivity contribution in [1.82, 2.24) is 10.2 Å². The van der Waals surface area contributed by atoms with Crippen molar-refractivity contribution in [3.05, 3.63) is 107 Å². The Labute approximate surface area is 207 Å². The molecule has 3 aromatic rings. The van der Waals surface area contributed by atoms with Gasteiger partial charge in [-0.05, 0) is 48.1 Å². The average molecular weight is 473 g/mol. The predicted molar refractivity (Wildman–Crippen MR) is 136 cm³/mol. The van der Waals surface area contributed by atoms with Gasteiger partial charge in [0.05, 0.1) is 0 Å². The molecule has 4 rings (SSSR count). The first-order chi connectivity index (χ1) is 17.1. The van der Waals surface area contributed by atoms with Crippen LogP contribution in [0.5, 0.6) is 0 Å². The minimum Gasteiger partial charge on any atom is -0.352 e. The summed E-state index contributed by atoms with van der Waals surface area (Å²) in [5.74, 6) is -0.521. The summed E-state index contributed by atoms with van der Waals surface area (Å²) in [5, 5.41) is 3.21. The van der Waals surface area contributed by atoms with E-state index in [0.29, 0.717) is 19.3 Å². The van der Waals surface area contributed by atoms with E-state index < -0.39 is 6.04 Å². The van der Waals surface area contributed by atoms with Crippen LogP contribution in [0.1, 0.15) is 48.8 Å². The Morgan fingerprint density at radius 1 is 0.829 bits per heavy atom. The Balaban J connectivity index is 1.60. The summed E-state index contributed by atoms with van der Waals surface area (Å²) in [5.41, 5.74) is 2.88. The number of hydrogen-bond acceptors (Lipinski definition) is 2. The normalized spacial score (nSPS) is 14.4. The van der Waals surface area contributed by atoms with Crippen molar-refractivity contribution >= 4 is 11.8 Å². The Morgan fingerprint density at radius 2 is 1.43 bits per heavy atom. The van der Waals surface area contributed by atoms with Gasteiger partial charge < -0.3 is 10.2 Å². The van der Waals surface area contributed by atoms with Crippen molar-refractivity contribution in [1.29, 1.82) is 0 Å². The fourth-order valence-corrected chi connectivity index (χ4v) is 4.75. The second kappa shape index (κ2) is 12.3. The molecule has 0 radical (unpaired) electrons. The van der Waals surface area contributed by atoms with E-state index in [1.165, 1.54) is 12.1 Å². The standard InChI is InChI=1S/C30H33FN2O2/c31-26-18-15-25(16-19-26)22-33(29(34)20-17-23-9-3-1-4-10-23)28(21-24-11-5-2-6-12-24)30(35)32-27-13-7-8-14-27/h1-6,9-12,15-16,18-19,27-28H,7-8,13-14,17,20-22H2,(H,32,35). The molecule has 1 saturated carbocycles. The third-order valence-corrected chi connectivity index (χ3v) is 6.71. The third kappa shape index (κ3) is 7.25. The van der Waals surface area contributed by atoms with Gasteiger partial charge in [-0.3, -0.25) is 9.59 Å². The van der Waals surface area contributed by atoms with E-state index in [4.69, 9.17) is 0 Å². The summed E-state index contributed by atoms with van der Waals surface area (Å²) in [6, 6.07) is 25.4. The van der Waals surface area contributed by atoms with Crippen LogP contribution >= 0.6 is 0 Å². The molecule has 0 saturated heterocycles. The maximum atomic E-state index is 13.6.